The molecule has 1 aromatic heterocycles. The van der Waals surface area contributed by atoms with Crippen LogP contribution in [0.2, 0.25) is 0 Å². The van der Waals surface area contributed by atoms with Crippen LogP contribution >= 0.6 is 11.8 Å². The van der Waals surface area contributed by atoms with E-state index in [0.717, 1.165) is 17.1 Å². The number of anilines is 1. The molecule has 0 aliphatic carbocycles. The Labute approximate surface area is 216 Å². The maximum absolute atomic E-state index is 12.8. The van der Waals surface area contributed by atoms with E-state index in [1.807, 2.05) is 47.9 Å². The van der Waals surface area contributed by atoms with Gasteiger partial charge in [-0.05, 0) is 45.0 Å². The van der Waals surface area contributed by atoms with Crippen molar-refractivity contribution in [3.8, 4) is 11.5 Å². The lowest BCUT2D eigenvalue weighted by Crippen LogP contribution is -2.28. The Morgan fingerprint density at radius 1 is 1.19 bits per heavy atom. The summed E-state index contributed by atoms with van der Waals surface area (Å²) in [4.78, 5) is 12.8. The van der Waals surface area contributed by atoms with Gasteiger partial charge in [-0.2, -0.15) is 5.10 Å². The van der Waals surface area contributed by atoms with Crippen LogP contribution in [0.3, 0.4) is 0 Å². The number of thioether (sulfide) groups is 1. The smallest absolute Gasteiger partial charge is 0.253 e. The third-order valence-electron chi connectivity index (χ3n) is 5.39. The third kappa shape index (κ3) is 6.88. The fourth-order valence-corrected chi connectivity index (χ4v) is 4.17. The Kier molecular flexibility index (Phi) is 9.52. The van der Waals surface area contributed by atoms with E-state index in [9.17, 15) is 4.79 Å². The number of allylic oxidation sites excluding steroid dienone is 1. The molecule has 0 fully saturated rings. The zero-order valence-electron chi connectivity index (χ0n) is 21.2. The summed E-state index contributed by atoms with van der Waals surface area (Å²) in [6.45, 7) is 10.5. The molecule has 1 amide bonds. The molecule has 10 heteroatoms. The molecule has 1 atom stereocenters. The lowest BCUT2D eigenvalue weighted by molar-refractivity contribution is -0.120. The second kappa shape index (κ2) is 12.8. The van der Waals surface area contributed by atoms with Gasteiger partial charge < -0.3 is 19.4 Å². The molecule has 0 unspecified atom stereocenters. The summed E-state index contributed by atoms with van der Waals surface area (Å²) >= 11 is 1.31. The van der Waals surface area contributed by atoms with E-state index in [2.05, 4.69) is 32.6 Å². The summed E-state index contributed by atoms with van der Waals surface area (Å²) in [5.41, 5.74) is 6.21. The highest BCUT2D eigenvalue weighted by Gasteiger charge is 2.20. The van der Waals surface area contributed by atoms with E-state index >= 15 is 0 Å². The number of hydrazone groups is 1. The number of carbonyl (C=O) groups excluding carboxylic acids is 1. The standard InChI is InChI=1S/C26H32N6O3S/c1-7-14-32-24(16-27-20-10-8-17(2)9-11-20)29-31-26(32)36-19(4)25(33)30-28-18(3)22-13-12-21(34-5)15-23(22)35-6/h7-13,15,19,27H,1,14,16H2,2-6H3,(H,30,33)/t19-/m1/s1. The van der Waals surface area contributed by atoms with E-state index in [4.69, 9.17) is 9.47 Å². The molecule has 2 N–H and O–H groups in total. The van der Waals surface area contributed by atoms with Gasteiger partial charge in [0.05, 0.1) is 31.7 Å². The summed E-state index contributed by atoms with van der Waals surface area (Å²) in [6.07, 6.45) is 1.78. The normalized spacial score (nSPS) is 12.1. The number of methoxy groups -OCH3 is 2. The molecule has 0 bridgehead atoms. The highest BCUT2D eigenvalue weighted by atomic mass is 32.2. The van der Waals surface area contributed by atoms with Crippen molar-refractivity contribution in [2.75, 3.05) is 19.5 Å². The largest absolute Gasteiger partial charge is 0.497 e. The number of aromatic nitrogens is 3. The van der Waals surface area contributed by atoms with Gasteiger partial charge in [0, 0.05) is 23.9 Å². The van der Waals surface area contributed by atoms with Crippen molar-refractivity contribution in [3.63, 3.8) is 0 Å². The Hall–Kier alpha value is -3.79. The van der Waals surface area contributed by atoms with Crippen LogP contribution < -0.4 is 20.2 Å². The summed E-state index contributed by atoms with van der Waals surface area (Å²) in [5, 5.41) is 16.4. The molecule has 2 aromatic carbocycles. The van der Waals surface area contributed by atoms with Crippen molar-refractivity contribution in [1.29, 1.82) is 0 Å². The number of nitrogens with one attached hydrogen (secondary N) is 2. The van der Waals surface area contributed by atoms with Gasteiger partial charge in [0.2, 0.25) is 0 Å². The van der Waals surface area contributed by atoms with Gasteiger partial charge in [-0.25, -0.2) is 5.43 Å². The van der Waals surface area contributed by atoms with Crippen LogP contribution in [-0.2, 0) is 17.9 Å². The number of nitrogens with zero attached hydrogens (tertiary/aromatic N) is 4. The molecule has 190 valence electrons. The fourth-order valence-electron chi connectivity index (χ4n) is 3.30. The molecule has 36 heavy (non-hydrogen) atoms. The van der Waals surface area contributed by atoms with Crippen molar-refractivity contribution in [1.82, 2.24) is 20.2 Å². The third-order valence-corrected chi connectivity index (χ3v) is 6.47. The van der Waals surface area contributed by atoms with Crippen molar-refractivity contribution >= 4 is 29.1 Å². The highest BCUT2D eigenvalue weighted by molar-refractivity contribution is 8.00. The number of carbonyl (C=O) groups is 1. The van der Waals surface area contributed by atoms with Gasteiger partial charge in [0.15, 0.2) is 11.0 Å². The number of benzene rings is 2. The molecule has 3 aromatic rings. The molecule has 1 heterocycles. The van der Waals surface area contributed by atoms with Gasteiger partial charge in [0.1, 0.15) is 11.5 Å². The van der Waals surface area contributed by atoms with Crippen LogP contribution in [0, 0.1) is 6.92 Å². The number of amides is 1. The molecule has 0 radical (unpaired) electrons. The second-order valence-corrected chi connectivity index (χ2v) is 9.33. The highest BCUT2D eigenvalue weighted by Crippen LogP contribution is 2.26. The molecule has 9 nitrogen and oxygen atoms in total. The number of aryl methyl sites for hydroxylation is 1. The molecular formula is C26H32N6O3S. The Balaban J connectivity index is 1.65. The average Bonchev–Trinajstić information content (AvgIpc) is 3.27. The molecule has 3 rings (SSSR count). The summed E-state index contributed by atoms with van der Waals surface area (Å²) in [7, 11) is 3.17. The van der Waals surface area contributed by atoms with Gasteiger partial charge in [-0.1, -0.05) is 35.5 Å². The van der Waals surface area contributed by atoms with E-state index in [-0.39, 0.29) is 5.91 Å². The van der Waals surface area contributed by atoms with Crippen LogP contribution in [0.15, 0.2) is 65.4 Å². The molecule has 0 saturated heterocycles. The van der Waals surface area contributed by atoms with Crippen molar-refractivity contribution in [2.24, 2.45) is 5.10 Å². The molecule has 0 spiro atoms. The van der Waals surface area contributed by atoms with Gasteiger partial charge in [0.25, 0.3) is 5.91 Å². The predicted molar refractivity (Wildman–Crippen MR) is 144 cm³/mol. The van der Waals surface area contributed by atoms with E-state index in [1.165, 1.54) is 17.3 Å². The zero-order valence-corrected chi connectivity index (χ0v) is 22.1. The van der Waals surface area contributed by atoms with Crippen LogP contribution in [-0.4, -0.2) is 45.9 Å². The zero-order chi connectivity index (χ0) is 26.1. The Bertz CT molecular complexity index is 1220. The lowest BCUT2D eigenvalue weighted by Gasteiger charge is -2.13. The Morgan fingerprint density at radius 2 is 1.94 bits per heavy atom. The molecule has 0 aliphatic rings. The number of hydrogen-bond donors (Lipinski definition) is 2. The number of rotatable bonds is 12. The molecular weight excluding hydrogens is 476 g/mol. The van der Waals surface area contributed by atoms with Crippen molar-refractivity contribution in [3.05, 3.63) is 72.1 Å². The van der Waals surface area contributed by atoms with E-state index in [0.29, 0.717) is 35.5 Å². The summed E-state index contributed by atoms with van der Waals surface area (Å²) in [6, 6.07) is 13.6. The minimum atomic E-state index is -0.454. The van der Waals surface area contributed by atoms with E-state index in [1.54, 1.807) is 40.2 Å². The van der Waals surface area contributed by atoms with Gasteiger partial charge in [-0.15, -0.1) is 16.8 Å². The summed E-state index contributed by atoms with van der Waals surface area (Å²) in [5.74, 6) is 1.79. The van der Waals surface area contributed by atoms with Crippen LogP contribution in [0.4, 0.5) is 5.69 Å². The Morgan fingerprint density at radius 3 is 2.61 bits per heavy atom. The molecule has 0 aliphatic heterocycles. The van der Waals surface area contributed by atoms with Crippen LogP contribution in [0.1, 0.15) is 30.8 Å². The SMILES string of the molecule is C=CCn1c(CNc2ccc(C)cc2)nnc1S[C@H](C)C(=O)NN=C(C)c1ccc(OC)cc1OC. The first-order valence-corrected chi connectivity index (χ1v) is 12.3. The van der Waals surface area contributed by atoms with Crippen molar-refractivity contribution < 1.29 is 14.3 Å². The van der Waals surface area contributed by atoms with Crippen LogP contribution in [0.25, 0.3) is 0 Å². The quantitative estimate of drug-likeness (QED) is 0.162. The first kappa shape index (κ1) is 26.8. The first-order chi connectivity index (χ1) is 17.4. The minimum Gasteiger partial charge on any atom is -0.497 e. The topological polar surface area (TPSA) is 103 Å². The maximum Gasteiger partial charge on any atom is 0.253 e. The molecule has 0 saturated carbocycles. The summed E-state index contributed by atoms with van der Waals surface area (Å²) < 4.78 is 12.6. The van der Waals surface area contributed by atoms with E-state index < -0.39 is 5.25 Å². The van der Waals surface area contributed by atoms with Gasteiger partial charge in [-0.3, -0.25) is 4.79 Å². The average molecular weight is 509 g/mol. The first-order valence-electron chi connectivity index (χ1n) is 11.4. The minimum absolute atomic E-state index is 0.251. The number of hydrogen-bond acceptors (Lipinski definition) is 8. The predicted octanol–water partition coefficient (Wildman–Crippen LogP) is 4.42. The van der Waals surface area contributed by atoms with Crippen molar-refractivity contribution in [2.45, 2.75) is 44.3 Å². The monoisotopic (exact) mass is 508 g/mol. The maximum atomic E-state index is 12.8. The fraction of sp³-hybridized carbons (Fsp3) is 0.308. The van der Waals surface area contributed by atoms with Gasteiger partial charge >= 0.3 is 0 Å². The van der Waals surface area contributed by atoms with Crippen LogP contribution in [0.5, 0.6) is 11.5 Å². The lowest BCUT2D eigenvalue weighted by atomic mass is 10.1. The second-order valence-electron chi connectivity index (χ2n) is 8.02. The number of ether oxygens (including phenoxy) is 2.